The Bertz CT molecular complexity index is 203. The SMILES string of the molecule is C[C@@H](NC(=O)O)[C@@H](N)CC1CCCCC1. The predicted octanol–water partition coefficient (Wildman–Crippen LogP) is 1.94. The molecule has 1 amide bonds. The van der Waals surface area contributed by atoms with Crippen molar-refractivity contribution in [1.82, 2.24) is 5.32 Å². The molecule has 0 heterocycles. The highest BCUT2D eigenvalue weighted by atomic mass is 16.4. The summed E-state index contributed by atoms with van der Waals surface area (Å²) in [7, 11) is 0. The lowest BCUT2D eigenvalue weighted by Gasteiger charge is -2.27. The highest BCUT2D eigenvalue weighted by Gasteiger charge is 2.21. The van der Waals surface area contributed by atoms with E-state index >= 15 is 0 Å². The molecule has 1 aliphatic rings. The van der Waals surface area contributed by atoms with E-state index in [1.165, 1.54) is 32.1 Å². The highest BCUT2D eigenvalue weighted by molar-refractivity contribution is 5.64. The zero-order valence-electron chi connectivity index (χ0n) is 9.41. The molecule has 1 fully saturated rings. The molecule has 0 unspecified atom stereocenters. The second-order valence-corrected chi connectivity index (χ2v) is 4.64. The first-order chi connectivity index (χ1) is 7.09. The van der Waals surface area contributed by atoms with E-state index in [9.17, 15) is 4.79 Å². The van der Waals surface area contributed by atoms with Crippen LogP contribution in [0, 0.1) is 5.92 Å². The molecule has 4 heteroatoms. The molecule has 0 radical (unpaired) electrons. The predicted molar refractivity (Wildman–Crippen MR) is 59.8 cm³/mol. The normalized spacial score (nSPS) is 22.0. The van der Waals surface area contributed by atoms with E-state index in [2.05, 4.69) is 5.32 Å². The molecule has 0 aliphatic heterocycles. The molecule has 0 saturated heterocycles. The topological polar surface area (TPSA) is 75.3 Å². The van der Waals surface area contributed by atoms with Crippen molar-refractivity contribution in [3.8, 4) is 0 Å². The first kappa shape index (κ1) is 12.3. The fraction of sp³-hybridized carbons (Fsp3) is 0.909. The Hall–Kier alpha value is -0.770. The average molecular weight is 214 g/mol. The standard InChI is InChI=1S/C11H22N2O2/c1-8(13-11(14)15)10(12)7-9-5-3-2-4-6-9/h8-10,13H,2-7,12H2,1H3,(H,14,15)/t8-,10+/m1/s1. The molecule has 1 aliphatic carbocycles. The summed E-state index contributed by atoms with van der Waals surface area (Å²) in [6, 6.07) is -0.200. The van der Waals surface area contributed by atoms with Gasteiger partial charge in [-0.3, -0.25) is 0 Å². The molecule has 88 valence electrons. The molecule has 2 atom stereocenters. The quantitative estimate of drug-likeness (QED) is 0.669. The summed E-state index contributed by atoms with van der Waals surface area (Å²) < 4.78 is 0. The number of nitrogens with two attached hydrogens (primary N) is 1. The Morgan fingerprint density at radius 1 is 1.47 bits per heavy atom. The van der Waals surface area contributed by atoms with Gasteiger partial charge in [-0.05, 0) is 19.3 Å². The van der Waals surface area contributed by atoms with Gasteiger partial charge in [0.1, 0.15) is 0 Å². The molecule has 0 bridgehead atoms. The van der Waals surface area contributed by atoms with Gasteiger partial charge in [0, 0.05) is 12.1 Å². The molecule has 1 rings (SSSR count). The number of nitrogens with one attached hydrogen (secondary N) is 1. The van der Waals surface area contributed by atoms with Gasteiger partial charge >= 0.3 is 6.09 Å². The van der Waals surface area contributed by atoms with Gasteiger partial charge in [0.05, 0.1) is 0 Å². The van der Waals surface area contributed by atoms with Crippen LogP contribution in [0.25, 0.3) is 0 Å². The Kier molecular flexibility index (Phi) is 4.88. The van der Waals surface area contributed by atoms with E-state index in [0.717, 1.165) is 6.42 Å². The minimum absolute atomic E-state index is 0.0517. The van der Waals surface area contributed by atoms with Crippen LogP contribution in [0.1, 0.15) is 45.4 Å². The second kappa shape index (κ2) is 5.95. The first-order valence-corrected chi connectivity index (χ1v) is 5.84. The smallest absolute Gasteiger partial charge is 0.404 e. The third-order valence-corrected chi connectivity index (χ3v) is 3.32. The lowest BCUT2D eigenvalue weighted by molar-refractivity contribution is 0.186. The molecule has 0 aromatic rings. The lowest BCUT2D eigenvalue weighted by Crippen LogP contribution is -2.46. The molecule has 1 saturated carbocycles. The summed E-state index contributed by atoms with van der Waals surface area (Å²) in [5.41, 5.74) is 5.97. The summed E-state index contributed by atoms with van der Waals surface area (Å²) in [6.45, 7) is 1.83. The Morgan fingerprint density at radius 3 is 2.60 bits per heavy atom. The molecule has 0 aromatic heterocycles. The summed E-state index contributed by atoms with van der Waals surface area (Å²) in [6.07, 6.45) is 6.43. The number of hydrogen-bond acceptors (Lipinski definition) is 2. The highest BCUT2D eigenvalue weighted by Crippen LogP contribution is 2.27. The number of hydrogen-bond donors (Lipinski definition) is 3. The Balaban J connectivity index is 2.26. The minimum atomic E-state index is -0.985. The van der Waals surface area contributed by atoms with Gasteiger partial charge in [0.15, 0.2) is 0 Å². The number of carbonyl (C=O) groups is 1. The van der Waals surface area contributed by atoms with E-state index in [-0.39, 0.29) is 12.1 Å². The van der Waals surface area contributed by atoms with Crippen molar-refractivity contribution in [1.29, 1.82) is 0 Å². The van der Waals surface area contributed by atoms with Crippen LogP contribution < -0.4 is 11.1 Å². The number of rotatable bonds is 4. The van der Waals surface area contributed by atoms with E-state index in [4.69, 9.17) is 10.8 Å². The van der Waals surface area contributed by atoms with Crippen LogP contribution in [-0.2, 0) is 0 Å². The lowest BCUT2D eigenvalue weighted by atomic mass is 9.84. The van der Waals surface area contributed by atoms with Crippen molar-refractivity contribution >= 4 is 6.09 Å². The van der Waals surface area contributed by atoms with Gasteiger partial charge < -0.3 is 16.2 Å². The van der Waals surface area contributed by atoms with Crippen molar-refractivity contribution in [3.63, 3.8) is 0 Å². The monoisotopic (exact) mass is 214 g/mol. The van der Waals surface area contributed by atoms with Crippen molar-refractivity contribution in [2.24, 2.45) is 11.7 Å². The summed E-state index contributed by atoms with van der Waals surface area (Å²) in [4.78, 5) is 10.4. The van der Waals surface area contributed by atoms with Gasteiger partial charge in [0.2, 0.25) is 0 Å². The van der Waals surface area contributed by atoms with E-state index in [0.29, 0.717) is 5.92 Å². The summed E-state index contributed by atoms with van der Waals surface area (Å²) in [5.74, 6) is 0.701. The van der Waals surface area contributed by atoms with Crippen molar-refractivity contribution in [3.05, 3.63) is 0 Å². The molecular formula is C11H22N2O2. The van der Waals surface area contributed by atoms with Crippen molar-refractivity contribution < 1.29 is 9.90 Å². The molecule has 4 nitrogen and oxygen atoms in total. The van der Waals surface area contributed by atoms with Crippen LogP contribution in [0.3, 0.4) is 0 Å². The van der Waals surface area contributed by atoms with Crippen molar-refractivity contribution in [2.75, 3.05) is 0 Å². The van der Waals surface area contributed by atoms with E-state index in [1.807, 2.05) is 6.92 Å². The molecule has 15 heavy (non-hydrogen) atoms. The Morgan fingerprint density at radius 2 is 2.07 bits per heavy atom. The fourth-order valence-electron chi connectivity index (χ4n) is 2.31. The van der Waals surface area contributed by atoms with Gasteiger partial charge in [-0.1, -0.05) is 32.1 Å². The molecule has 4 N–H and O–H groups in total. The zero-order chi connectivity index (χ0) is 11.3. The number of amides is 1. The minimum Gasteiger partial charge on any atom is -0.465 e. The van der Waals surface area contributed by atoms with E-state index in [1.54, 1.807) is 0 Å². The third kappa shape index (κ3) is 4.51. The van der Waals surface area contributed by atoms with Gasteiger partial charge in [-0.25, -0.2) is 4.79 Å². The number of carboxylic acid groups (broad SMARTS) is 1. The van der Waals surface area contributed by atoms with Gasteiger partial charge in [0.25, 0.3) is 0 Å². The molecule has 0 aromatic carbocycles. The van der Waals surface area contributed by atoms with Crippen molar-refractivity contribution in [2.45, 2.75) is 57.5 Å². The van der Waals surface area contributed by atoms with Crippen LogP contribution in [-0.4, -0.2) is 23.3 Å². The largest absolute Gasteiger partial charge is 0.465 e. The third-order valence-electron chi connectivity index (χ3n) is 3.32. The van der Waals surface area contributed by atoms with Crippen LogP contribution >= 0.6 is 0 Å². The van der Waals surface area contributed by atoms with Crippen LogP contribution in [0.5, 0.6) is 0 Å². The van der Waals surface area contributed by atoms with Gasteiger partial charge in [-0.2, -0.15) is 0 Å². The maximum Gasteiger partial charge on any atom is 0.404 e. The summed E-state index contributed by atoms with van der Waals surface area (Å²) >= 11 is 0. The maximum atomic E-state index is 10.4. The molecule has 0 spiro atoms. The first-order valence-electron chi connectivity index (χ1n) is 5.84. The van der Waals surface area contributed by atoms with Crippen LogP contribution in [0.15, 0.2) is 0 Å². The Labute approximate surface area is 91.2 Å². The van der Waals surface area contributed by atoms with Crippen LogP contribution in [0.4, 0.5) is 4.79 Å². The summed E-state index contributed by atoms with van der Waals surface area (Å²) in [5, 5.41) is 11.0. The van der Waals surface area contributed by atoms with Crippen LogP contribution in [0.2, 0.25) is 0 Å². The zero-order valence-corrected chi connectivity index (χ0v) is 9.41. The fourth-order valence-corrected chi connectivity index (χ4v) is 2.31. The second-order valence-electron chi connectivity index (χ2n) is 4.64. The molecular weight excluding hydrogens is 192 g/mol. The maximum absolute atomic E-state index is 10.4. The van der Waals surface area contributed by atoms with E-state index < -0.39 is 6.09 Å². The average Bonchev–Trinajstić information content (AvgIpc) is 2.18. The van der Waals surface area contributed by atoms with Gasteiger partial charge in [-0.15, -0.1) is 0 Å².